The van der Waals surface area contributed by atoms with Crippen molar-refractivity contribution in [3.63, 3.8) is 0 Å². The Labute approximate surface area is 121 Å². The summed E-state index contributed by atoms with van der Waals surface area (Å²) < 4.78 is 6.31. The minimum absolute atomic E-state index is 0.0651. The summed E-state index contributed by atoms with van der Waals surface area (Å²) in [5, 5.41) is 12.9. The molecule has 0 aromatic heterocycles. The molecule has 2 N–H and O–H groups in total. The fourth-order valence-electron chi connectivity index (χ4n) is 1.90. The lowest BCUT2D eigenvalue weighted by molar-refractivity contribution is 0.416. The number of nitrogens with one attached hydrogen (secondary N) is 1. The zero-order valence-corrected chi connectivity index (χ0v) is 12.4. The number of hydrogen-bond donors (Lipinski definition) is 2. The lowest BCUT2D eigenvalue weighted by atomic mass is 10.1. The first-order valence-electron chi connectivity index (χ1n) is 5.99. The summed E-state index contributed by atoms with van der Waals surface area (Å²) >= 11 is 3.45. The monoisotopic (exact) mass is 321 g/mol. The van der Waals surface area contributed by atoms with Gasteiger partial charge in [-0.2, -0.15) is 0 Å². The maximum Gasteiger partial charge on any atom is 0.142 e. The minimum atomic E-state index is 0.0651. The average Bonchev–Trinajstić information content (AvgIpc) is 2.39. The molecule has 0 spiro atoms. The van der Waals surface area contributed by atoms with Gasteiger partial charge in [0.2, 0.25) is 0 Å². The van der Waals surface area contributed by atoms with Crippen LogP contribution in [0.1, 0.15) is 18.5 Å². The predicted octanol–water partition coefficient (Wildman–Crippen LogP) is 4.34. The van der Waals surface area contributed by atoms with Gasteiger partial charge in [-0.3, -0.25) is 0 Å². The van der Waals surface area contributed by atoms with Crippen LogP contribution in [0, 0.1) is 0 Å². The topological polar surface area (TPSA) is 41.5 Å². The Kier molecular flexibility index (Phi) is 4.32. The van der Waals surface area contributed by atoms with E-state index in [1.807, 2.05) is 37.3 Å². The molecule has 0 saturated heterocycles. The van der Waals surface area contributed by atoms with Crippen LogP contribution in [0.15, 0.2) is 46.9 Å². The van der Waals surface area contributed by atoms with E-state index < -0.39 is 0 Å². The maximum absolute atomic E-state index is 9.51. The van der Waals surface area contributed by atoms with E-state index in [1.165, 1.54) is 0 Å². The number of benzene rings is 2. The summed E-state index contributed by atoms with van der Waals surface area (Å²) in [4.78, 5) is 0. The van der Waals surface area contributed by atoms with Crippen molar-refractivity contribution in [3.05, 3.63) is 52.5 Å². The third-order valence-corrected chi connectivity index (χ3v) is 3.40. The molecule has 0 fully saturated rings. The van der Waals surface area contributed by atoms with E-state index in [0.717, 1.165) is 21.5 Å². The molecule has 19 heavy (non-hydrogen) atoms. The normalized spacial score (nSPS) is 11.9. The van der Waals surface area contributed by atoms with Gasteiger partial charge in [0.15, 0.2) is 0 Å². The van der Waals surface area contributed by atoms with Gasteiger partial charge in [0.25, 0.3) is 0 Å². The second kappa shape index (κ2) is 5.97. The Balaban J connectivity index is 2.23. The Morgan fingerprint density at radius 1 is 1.21 bits per heavy atom. The van der Waals surface area contributed by atoms with Gasteiger partial charge in [0.1, 0.15) is 11.5 Å². The highest BCUT2D eigenvalue weighted by Crippen LogP contribution is 2.31. The molecule has 4 heteroatoms. The van der Waals surface area contributed by atoms with Crippen molar-refractivity contribution in [1.29, 1.82) is 0 Å². The summed E-state index contributed by atoms with van der Waals surface area (Å²) in [6, 6.07) is 13.1. The molecule has 0 radical (unpaired) electrons. The zero-order chi connectivity index (χ0) is 13.8. The smallest absolute Gasteiger partial charge is 0.142 e. The van der Waals surface area contributed by atoms with E-state index in [9.17, 15) is 5.11 Å². The quantitative estimate of drug-likeness (QED) is 0.880. The van der Waals surface area contributed by atoms with E-state index in [2.05, 4.69) is 21.2 Å². The number of rotatable bonds is 4. The van der Waals surface area contributed by atoms with Crippen molar-refractivity contribution in [2.45, 2.75) is 13.0 Å². The number of methoxy groups -OCH3 is 1. The van der Waals surface area contributed by atoms with Crippen molar-refractivity contribution in [2.75, 3.05) is 12.4 Å². The van der Waals surface area contributed by atoms with Crippen LogP contribution >= 0.6 is 15.9 Å². The highest BCUT2D eigenvalue weighted by molar-refractivity contribution is 9.10. The minimum Gasteiger partial charge on any atom is -0.508 e. The largest absolute Gasteiger partial charge is 0.508 e. The molecule has 0 saturated carbocycles. The van der Waals surface area contributed by atoms with Gasteiger partial charge in [0.05, 0.1) is 12.8 Å². The average molecular weight is 322 g/mol. The van der Waals surface area contributed by atoms with Crippen molar-refractivity contribution in [1.82, 2.24) is 0 Å². The highest BCUT2D eigenvalue weighted by Gasteiger charge is 2.09. The van der Waals surface area contributed by atoms with Crippen molar-refractivity contribution < 1.29 is 9.84 Å². The molecular formula is C15H16BrNO2. The summed E-state index contributed by atoms with van der Waals surface area (Å²) in [7, 11) is 1.65. The molecule has 2 rings (SSSR count). The predicted molar refractivity (Wildman–Crippen MR) is 80.8 cm³/mol. The third kappa shape index (κ3) is 3.41. The first-order chi connectivity index (χ1) is 9.10. The van der Waals surface area contributed by atoms with Crippen LogP contribution in [-0.2, 0) is 0 Å². The summed E-state index contributed by atoms with van der Waals surface area (Å²) in [5.41, 5.74) is 1.93. The fourth-order valence-corrected chi connectivity index (χ4v) is 2.26. The first kappa shape index (κ1) is 13.7. The third-order valence-electron chi connectivity index (χ3n) is 2.90. The SMILES string of the molecule is COc1ccc(Br)cc1NC(C)c1cccc(O)c1. The zero-order valence-electron chi connectivity index (χ0n) is 10.9. The molecule has 3 nitrogen and oxygen atoms in total. The number of phenolic OH excluding ortho intramolecular Hbond substituents is 1. The van der Waals surface area contributed by atoms with E-state index in [0.29, 0.717) is 0 Å². The molecule has 1 unspecified atom stereocenters. The van der Waals surface area contributed by atoms with E-state index >= 15 is 0 Å². The lowest BCUT2D eigenvalue weighted by Crippen LogP contribution is -2.07. The summed E-state index contributed by atoms with van der Waals surface area (Å²) in [5.74, 6) is 1.06. The standard InChI is InChI=1S/C15H16BrNO2/c1-10(11-4-3-5-13(18)8-11)17-14-9-12(16)6-7-15(14)19-2/h3-10,17-18H,1-2H3. The molecule has 100 valence electrons. The molecular weight excluding hydrogens is 306 g/mol. The number of anilines is 1. The van der Waals surface area contributed by atoms with Crippen LogP contribution in [0.5, 0.6) is 11.5 Å². The Morgan fingerprint density at radius 3 is 2.68 bits per heavy atom. The first-order valence-corrected chi connectivity index (χ1v) is 6.78. The van der Waals surface area contributed by atoms with Crippen molar-refractivity contribution >= 4 is 21.6 Å². The van der Waals surface area contributed by atoms with E-state index in [1.54, 1.807) is 19.2 Å². The molecule has 0 amide bonds. The van der Waals surface area contributed by atoms with Gasteiger partial charge in [-0.25, -0.2) is 0 Å². The van der Waals surface area contributed by atoms with Crippen molar-refractivity contribution in [2.24, 2.45) is 0 Å². The number of phenols is 1. The van der Waals surface area contributed by atoms with Gasteiger partial charge < -0.3 is 15.2 Å². The second-order valence-corrected chi connectivity index (χ2v) is 5.22. The highest BCUT2D eigenvalue weighted by atomic mass is 79.9. The fraction of sp³-hybridized carbons (Fsp3) is 0.200. The van der Waals surface area contributed by atoms with Crippen LogP contribution < -0.4 is 10.1 Å². The van der Waals surface area contributed by atoms with Gasteiger partial charge in [-0.15, -0.1) is 0 Å². The number of hydrogen-bond acceptors (Lipinski definition) is 3. The molecule has 2 aromatic carbocycles. The molecule has 2 aromatic rings. The van der Waals surface area contributed by atoms with E-state index in [4.69, 9.17) is 4.74 Å². The summed E-state index contributed by atoms with van der Waals surface area (Å²) in [6.45, 7) is 2.04. The molecule has 0 heterocycles. The molecule has 0 aliphatic rings. The number of ether oxygens (including phenoxy) is 1. The maximum atomic E-state index is 9.51. The summed E-state index contributed by atoms with van der Waals surface area (Å²) in [6.07, 6.45) is 0. The molecule has 0 bridgehead atoms. The van der Waals surface area contributed by atoms with Gasteiger partial charge in [-0.05, 0) is 42.8 Å². The molecule has 1 atom stereocenters. The Hall–Kier alpha value is -1.68. The van der Waals surface area contributed by atoms with Crippen LogP contribution in [0.25, 0.3) is 0 Å². The van der Waals surface area contributed by atoms with Crippen LogP contribution in [0.4, 0.5) is 5.69 Å². The van der Waals surface area contributed by atoms with Crippen molar-refractivity contribution in [3.8, 4) is 11.5 Å². The van der Waals surface area contributed by atoms with Crippen LogP contribution in [-0.4, -0.2) is 12.2 Å². The van der Waals surface area contributed by atoms with Gasteiger partial charge in [0, 0.05) is 10.5 Å². The van der Waals surface area contributed by atoms with Gasteiger partial charge in [-0.1, -0.05) is 28.1 Å². The molecule has 0 aliphatic heterocycles. The van der Waals surface area contributed by atoms with Crippen LogP contribution in [0.2, 0.25) is 0 Å². The number of halogens is 1. The lowest BCUT2D eigenvalue weighted by Gasteiger charge is -2.18. The second-order valence-electron chi connectivity index (χ2n) is 4.31. The molecule has 0 aliphatic carbocycles. The van der Waals surface area contributed by atoms with Gasteiger partial charge >= 0.3 is 0 Å². The van der Waals surface area contributed by atoms with Crippen LogP contribution in [0.3, 0.4) is 0 Å². The Bertz CT molecular complexity index is 572. The Morgan fingerprint density at radius 2 is 2.00 bits per heavy atom. The number of aromatic hydroxyl groups is 1. The van der Waals surface area contributed by atoms with E-state index in [-0.39, 0.29) is 11.8 Å².